The number of carboxylic acid groups (broad SMARTS) is 1. The number of aliphatic carboxylic acids is 1. The lowest BCUT2D eigenvalue weighted by molar-refractivity contribution is -0.151. The Labute approximate surface area is 164 Å². The first-order valence-electron chi connectivity index (χ1n) is 8.43. The molecule has 154 valence electrons. The van der Waals surface area contributed by atoms with Crippen molar-refractivity contribution in [1.29, 1.82) is 0 Å². The van der Waals surface area contributed by atoms with E-state index < -0.39 is 35.5 Å². The van der Waals surface area contributed by atoms with Crippen LogP contribution in [0.1, 0.15) is 26.2 Å². The number of hydrogen-bond donors (Lipinski definition) is 3. The van der Waals surface area contributed by atoms with Gasteiger partial charge in [0.25, 0.3) is 12.4 Å². The second-order valence-electron chi connectivity index (χ2n) is 6.16. The summed E-state index contributed by atoms with van der Waals surface area (Å²) in [5.74, 6) is -2.52. The molecule has 1 saturated heterocycles. The van der Waals surface area contributed by atoms with Crippen molar-refractivity contribution in [3.05, 3.63) is 11.3 Å². The minimum Gasteiger partial charge on any atom is -0.477 e. The van der Waals surface area contributed by atoms with E-state index in [1.165, 1.54) is 18.7 Å². The number of nitrogens with zero attached hydrogens (tertiary/aromatic N) is 1. The van der Waals surface area contributed by atoms with E-state index in [1.54, 1.807) is 0 Å². The Morgan fingerprint density at radius 2 is 2.18 bits per heavy atom. The van der Waals surface area contributed by atoms with Crippen LogP contribution in [0.4, 0.5) is 0 Å². The molecule has 2 heterocycles. The van der Waals surface area contributed by atoms with Crippen LogP contribution in [0.3, 0.4) is 0 Å². The first-order chi connectivity index (χ1) is 13.3. The number of rotatable bonds is 10. The lowest BCUT2D eigenvalue weighted by Gasteiger charge is -2.49. The molecule has 11 nitrogen and oxygen atoms in total. The number of carbonyl (C=O) groups excluding carboxylic acids is 4. The Hall–Kier alpha value is -2.60. The molecule has 0 spiro atoms. The molecular weight excluding hydrogens is 394 g/mol. The van der Waals surface area contributed by atoms with Crippen LogP contribution in [0.2, 0.25) is 0 Å². The lowest BCUT2D eigenvalue weighted by atomic mass is 10.0. The number of fused-ring (bicyclic) bond motifs is 1. The molecule has 0 aromatic carbocycles. The molecule has 0 bridgehead atoms. The number of hydrogen-bond acceptors (Lipinski definition) is 9. The fourth-order valence-electron chi connectivity index (χ4n) is 2.83. The lowest BCUT2D eigenvalue weighted by Crippen LogP contribution is -2.70. The number of thioether (sulfide) groups is 1. The Bertz CT molecular complexity index is 710. The Balaban J connectivity index is 1.94. The van der Waals surface area contributed by atoms with Crippen molar-refractivity contribution >= 4 is 42.0 Å². The van der Waals surface area contributed by atoms with Crippen molar-refractivity contribution in [2.45, 2.75) is 43.8 Å². The number of amides is 2. The molecule has 2 aliphatic heterocycles. The first-order valence-corrected chi connectivity index (χ1v) is 9.48. The molecular formula is C16H21N3O8S. The van der Waals surface area contributed by atoms with Gasteiger partial charge in [0.15, 0.2) is 6.23 Å². The predicted molar refractivity (Wildman–Crippen MR) is 95.3 cm³/mol. The van der Waals surface area contributed by atoms with Crippen LogP contribution >= 0.6 is 11.8 Å². The van der Waals surface area contributed by atoms with Crippen LogP contribution in [0.15, 0.2) is 11.3 Å². The maximum atomic E-state index is 12.4. The second-order valence-corrected chi connectivity index (χ2v) is 7.26. The smallest absolute Gasteiger partial charge is 0.352 e. The summed E-state index contributed by atoms with van der Waals surface area (Å²) >= 11 is 1.28. The quantitative estimate of drug-likeness (QED) is 0.173. The molecule has 28 heavy (non-hydrogen) atoms. The third kappa shape index (κ3) is 5.01. The van der Waals surface area contributed by atoms with Gasteiger partial charge in [-0.15, -0.1) is 11.8 Å². The van der Waals surface area contributed by atoms with E-state index in [-0.39, 0.29) is 36.9 Å². The summed E-state index contributed by atoms with van der Waals surface area (Å²) in [6.07, 6.45) is -0.0635. The van der Waals surface area contributed by atoms with Gasteiger partial charge in [-0.1, -0.05) is 0 Å². The zero-order valence-corrected chi connectivity index (χ0v) is 15.9. The third-order valence-corrected chi connectivity index (χ3v) is 5.48. The highest BCUT2D eigenvalue weighted by atomic mass is 32.2. The van der Waals surface area contributed by atoms with Crippen molar-refractivity contribution in [3.8, 4) is 0 Å². The van der Waals surface area contributed by atoms with Crippen LogP contribution in [0, 0.1) is 0 Å². The molecule has 1 fully saturated rings. The number of nitrogens with one attached hydrogen (secondary N) is 1. The van der Waals surface area contributed by atoms with Crippen LogP contribution in [0.5, 0.6) is 0 Å². The molecule has 3 atom stereocenters. The Morgan fingerprint density at radius 1 is 1.46 bits per heavy atom. The van der Waals surface area contributed by atoms with Crippen LogP contribution in [-0.4, -0.2) is 70.2 Å². The van der Waals surface area contributed by atoms with Crippen molar-refractivity contribution in [1.82, 2.24) is 10.2 Å². The number of esters is 1. The monoisotopic (exact) mass is 415 g/mol. The first kappa shape index (κ1) is 21.7. The number of carbonyl (C=O) groups is 5. The van der Waals surface area contributed by atoms with Crippen LogP contribution in [-0.2, 0) is 33.4 Å². The summed E-state index contributed by atoms with van der Waals surface area (Å²) in [4.78, 5) is 58.3. The third-order valence-electron chi connectivity index (χ3n) is 4.14. The van der Waals surface area contributed by atoms with Gasteiger partial charge >= 0.3 is 11.9 Å². The average molecular weight is 415 g/mol. The van der Waals surface area contributed by atoms with Gasteiger partial charge in [0.2, 0.25) is 5.91 Å². The number of ether oxygens (including phenoxy) is 2. The SMILES string of the molecule is CC(=O)OCC1=C(C(=O)O)N2C(=O)[C@@H](NC(=O)CCC[C@@H](N)OC=O)C2SC1. The van der Waals surface area contributed by atoms with E-state index in [0.717, 1.165) is 4.90 Å². The molecule has 2 rings (SSSR count). The van der Waals surface area contributed by atoms with E-state index in [0.29, 0.717) is 18.4 Å². The van der Waals surface area contributed by atoms with Crippen molar-refractivity contribution in [2.75, 3.05) is 12.4 Å². The summed E-state index contributed by atoms with van der Waals surface area (Å²) < 4.78 is 9.37. The Morgan fingerprint density at radius 3 is 2.79 bits per heavy atom. The second kappa shape index (κ2) is 9.55. The minimum absolute atomic E-state index is 0.0798. The minimum atomic E-state index is -1.30. The van der Waals surface area contributed by atoms with Gasteiger partial charge < -0.3 is 19.9 Å². The number of carboxylic acids is 1. The zero-order chi connectivity index (χ0) is 20.8. The molecule has 0 radical (unpaired) electrons. The fourth-order valence-corrected chi connectivity index (χ4v) is 4.16. The molecule has 0 aromatic heterocycles. The van der Waals surface area contributed by atoms with Gasteiger partial charge in [-0.25, -0.2) is 4.79 Å². The summed E-state index contributed by atoms with van der Waals surface area (Å²) in [5.41, 5.74) is 5.59. The molecule has 12 heteroatoms. The van der Waals surface area contributed by atoms with E-state index in [9.17, 15) is 29.1 Å². The number of β-lactam (4-membered cyclic amide) rings is 1. The fraction of sp³-hybridized carbons (Fsp3) is 0.562. The van der Waals surface area contributed by atoms with E-state index >= 15 is 0 Å². The van der Waals surface area contributed by atoms with Crippen molar-refractivity contribution in [3.63, 3.8) is 0 Å². The zero-order valence-electron chi connectivity index (χ0n) is 15.1. The highest BCUT2D eigenvalue weighted by Crippen LogP contribution is 2.40. The molecule has 2 amide bonds. The van der Waals surface area contributed by atoms with Gasteiger partial charge in [0, 0.05) is 24.7 Å². The normalized spacial score (nSPS) is 21.9. The maximum absolute atomic E-state index is 12.4. The van der Waals surface area contributed by atoms with Crippen molar-refractivity contribution < 1.29 is 38.6 Å². The topological polar surface area (TPSA) is 165 Å². The van der Waals surface area contributed by atoms with E-state index in [2.05, 4.69) is 10.1 Å². The largest absolute Gasteiger partial charge is 0.477 e. The molecule has 4 N–H and O–H groups in total. The van der Waals surface area contributed by atoms with E-state index in [1.807, 2.05) is 0 Å². The van der Waals surface area contributed by atoms with Gasteiger partial charge in [0.05, 0.1) is 0 Å². The van der Waals surface area contributed by atoms with Gasteiger partial charge in [-0.05, 0) is 12.8 Å². The van der Waals surface area contributed by atoms with Gasteiger partial charge in [-0.3, -0.25) is 29.8 Å². The predicted octanol–water partition coefficient (Wildman–Crippen LogP) is -1.08. The molecule has 0 aromatic rings. The van der Waals surface area contributed by atoms with Gasteiger partial charge in [0.1, 0.15) is 23.7 Å². The van der Waals surface area contributed by atoms with Crippen LogP contribution < -0.4 is 11.1 Å². The summed E-state index contributed by atoms with van der Waals surface area (Å²) in [6.45, 7) is 1.23. The average Bonchev–Trinajstić information content (AvgIpc) is 2.63. The molecule has 0 aliphatic carbocycles. The molecule has 2 aliphatic rings. The molecule has 1 unspecified atom stereocenters. The highest BCUT2D eigenvalue weighted by molar-refractivity contribution is 8.00. The van der Waals surface area contributed by atoms with Crippen LogP contribution in [0.25, 0.3) is 0 Å². The summed E-state index contributed by atoms with van der Waals surface area (Å²) in [6, 6.07) is -0.831. The van der Waals surface area contributed by atoms with Crippen molar-refractivity contribution in [2.24, 2.45) is 5.73 Å². The summed E-state index contributed by atoms with van der Waals surface area (Å²) in [7, 11) is 0. The standard InChI is InChI=1S/C16H21N3O8S/c1-8(21)26-5-9-6-28-15-12(14(23)19(15)13(9)16(24)25)18-11(22)4-2-3-10(17)27-7-20/h7,10,12,15H,2-6,17H2,1H3,(H,18,22)(H,24,25)/t10-,12+,15?/m0/s1. The van der Waals surface area contributed by atoms with Gasteiger partial charge in [-0.2, -0.15) is 0 Å². The maximum Gasteiger partial charge on any atom is 0.352 e. The molecule has 0 saturated carbocycles. The Kier molecular flexibility index (Phi) is 7.40. The highest BCUT2D eigenvalue weighted by Gasteiger charge is 2.54. The van der Waals surface area contributed by atoms with E-state index in [4.69, 9.17) is 10.5 Å². The summed E-state index contributed by atoms with van der Waals surface area (Å²) in [5, 5.41) is 11.5. The number of nitrogens with two attached hydrogens (primary N) is 1.